The number of sulfonamides is 1. The van der Waals surface area contributed by atoms with E-state index in [9.17, 15) is 8.42 Å². The summed E-state index contributed by atoms with van der Waals surface area (Å²) in [6.07, 6.45) is 2.20. The minimum atomic E-state index is -3.66. The van der Waals surface area contributed by atoms with Crippen molar-refractivity contribution in [2.24, 2.45) is 0 Å². The molecule has 0 aliphatic carbocycles. The Kier molecular flexibility index (Phi) is 3.40. The zero-order valence-corrected chi connectivity index (χ0v) is 14.0. The molecule has 3 heterocycles. The van der Waals surface area contributed by atoms with Gasteiger partial charge in [0.05, 0.1) is 4.90 Å². The van der Waals surface area contributed by atoms with Gasteiger partial charge < -0.3 is 15.2 Å². The molecular formula is C16H17N3O4S. The molecule has 2 N–H and O–H groups in total. The van der Waals surface area contributed by atoms with Crippen LogP contribution in [0.4, 0.5) is 5.69 Å². The molecule has 7 nitrogen and oxygen atoms in total. The highest BCUT2D eigenvalue weighted by molar-refractivity contribution is 7.89. The maximum absolute atomic E-state index is 13.1. The van der Waals surface area contributed by atoms with E-state index < -0.39 is 10.0 Å². The van der Waals surface area contributed by atoms with E-state index in [4.69, 9.17) is 15.2 Å². The van der Waals surface area contributed by atoms with E-state index in [1.807, 2.05) is 0 Å². The minimum Gasteiger partial charge on any atom is -0.454 e. The summed E-state index contributed by atoms with van der Waals surface area (Å²) < 4.78 is 38.3. The van der Waals surface area contributed by atoms with Crippen LogP contribution in [-0.4, -0.2) is 31.0 Å². The van der Waals surface area contributed by atoms with Crippen molar-refractivity contribution < 1.29 is 17.9 Å². The average molecular weight is 347 g/mol. The van der Waals surface area contributed by atoms with Crippen molar-refractivity contribution in [2.45, 2.75) is 24.8 Å². The van der Waals surface area contributed by atoms with E-state index in [1.165, 1.54) is 10.4 Å². The number of rotatable bonds is 2. The number of ether oxygens (including phenoxy) is 2. The van der Waals surface area contributed by atoms with Gasteiger partial charge >= 0.3 is 0 Å². The van der Waals surface area contributed by atoms with Crippen molar-refractivity contribution in [3.05, 3.63) is 41.2 Å². The Morgan fingerprint density at radius 1 is 1.25 bits per heavy atom. The summed E-state index contributed by atoms with van der Waals surface area (Å²) in [5, 5.41) is 0. The van der Waals surface area contributed by atoms with Gasteiger partial charge in [-0.05, 0) is 24.6 Å². The molecule has 0 fully saturated rings. The second-order valence-electron chi connectivity index (χ2n) is 5.88. The van der Waals surface area contributed by atoms with Gasteiger partial charge in [-0.3, -0.25) is 4.98 Å². The molecule has 2 aliphatic heterocycles. The first-order valence-corrected chi connectivity index (χ1v) is 9.03. The van der Waals surface area contributed by atoms with Crippen LogP contribution in [0.3, 0.4) is 0 Å². The predicted molar refractivity (Wildman–Crippen MR) is 87.3 cm³/mol. The first kappa shape index (κ1) is 15.2. The Balaban J connectivity index is 1.73. The van der Waals surface area contributed by atoms with Gasteiger partial charge in [-0.15, -0.1) is 0 Å². The van der Waals surface area contributed by atoms with Crippen molar-refractivity contribution in [3.8, 4) is 11.5 Å². The Hall–Kier alpha value is -2.32. The third-order valence-electron chi connectivity index (χ3n) is 4.40. The summed E-state index contributed by atoms with van der Waals surface area (Å²) in [6.45, 7) is 2.46. The summed E-state index contributed by atoms with van der Waals surface area (Å²) in [5.74, 6) is 1.03. The fourth-order valence-corrected chi connectivity index (χ4v) is 4.71. The third-order valence-corrected chi connectivity index (χ3v) is 6.39. The molecule has 8 heteroatoms. The molecule has 0 radical (unpaired) electrons. The Labute approximate surface area is 140 Å². The maximum atomic E-state index is 13.1. The summed E-state index contributed by atoms with van der Waals surface area (Å²) >= 11 is 0. The standard InChI is InChI=1S/C16H17N3O4S/c1-10-6-14-15(23-9-22-14)7-16(10)24(20,21)19-5-3-13-11(8-19)12(17)2-4-18-13/h2,4,6-7H,3,5,8-9H2,1H3,(H2,17,18). The second kappa shape index (κ2) is 5.35. The topological polar surface area (TPSA) is 94.8 Å². The molecule has 126 valence electrons. The number of anilines is 1. The zero-order valence-electron chi connectivity index (χ0n) is 13.2. The first-order chi connectivity index (χ1) is 11.5. The number of nitrogens with zero attached hydrogens (tertiary/aromatic N) is 2. The number of nitrogens with two attached hydrogens (primary N) is 1. The van der Waals surface area contributed by atoms with Crippen LogP contribution in [0, 0.1) is 6.92 Å². The molecule has 24 heavy (non-hydrogen) atoms. The number of aryl methyl sites for hydroxylation is 1. The van der Waals surface area contributed by atoms with Crippen LogP contribution in [0.15, 0.2) is 29.3 Å². The maximum Gasteiger partial charge on any atom is 0.243 e. The monoisotopic (exact) mass is 347 g/mol. The van der Waals surface area contributed by atoms with E-state index in [2.05, 4.69) is 4.98 Å². The molecule has 4 rings (SSSR count). The lowest BCUT2D eigenvalue weighted by Gasteiger charge is -2.28. The molecular weight excluding hydrogens is 330 g/mol. The lowest BCUT2D eigenvalue weighted by molar-refractivity contribution is 0.174. The molecule has 0 spiro atoms. The van der Waals surface area contributed by atoms with Gasteiger partial charge in [-0.25, -0.2) is 8.42 Å². The van der Waals surface area contributed by atoms with Crippen molar-refractivity contribution >= 4 is 15.7 Å². The largest absolute Gasteiger partial charge is 0.454 e. The van der Waals surface area contributed by atoms with Gasteiger partial charge in [0.2, 0.25) is 16.8 Å². The minimum absolute atomic E-state index is 0.109. The Morgan fingerprint density at radius 2 is 2.00 bits per heavy atom. The van der Waals surface area contributed by atoms with Crippen LogP contribution < -0.4 is 15.2 Å². The molecule has 2 aromatic rings. The average Bonchev–Trinajstić information content (AvgIpc) is 3.01. The molecule has 0 amide bonds. The fourth-order valence-electron chi connectivity index (χ4n) is 3.08. The molecule has 0 saturated heterocycles. The fraction of sp³-hybridized carbons (Fsp3) is 0.312. The number of aromatic nitrogens is 1. The quantitative estimate of drug-likeness (QED) is 0.883. The van der Waals surface area contributed by atoms with Crippen LogP contribution in [0.2, 0.25) is 0 Å². The first-order valence-electron chi connectivity index (χ1n) is 7.59. The Morgan fingerprint density at radius 3 is 2.79 bits per heavy atom. The van der Waals surface area contributed by atoms with Gasteiger partial charge in [0, 0.05) is 48.7 Å². The smallest absolute Gasteiger partial charge is 0.243 e. The Bertz CT molecular complexity index is 927. The van der Waals surface area contributed by atoms with Gasteiger partial charge in [-0.1, -0.05) is 0 Å². The van der Waals surface area contributed by atoms with Gasteiger partial charge in [0.1, 0.15) is 0 Å². The highest BCUT2D eigenvalue weighted by Crippen LogP contribution is 2.38. The van der Waals surface area contributed by atoms with Gasteiger partial charge in [0.15, 0.2) is 11.5 Å². The van der Waals surface area contributed by atoms with Crippen LogP contribution in [0.1, 0.15) is 16.8 Å². The molecule has 0 atom stereocenters. The van der Waals surface area contributed by atoms with E-state index in [-0.39, 0.29) is 18.2 Å². The second-order valence-corrected chi connectivity index (χ2v) is 7.79. The van der Waals surface area contributed by atoms with E-state index in [0.29, 0.717) is 35.7 Å². The van der Waals surface area contributed by atoms with E-state index in [1.54, 1.807) is 25.3 Å². The van der Waals surface area contributed by atoms with E-state index in [0.717, 1.165) is 11.3 Å². The summed E-state index contributed by atoms with van der Waals surface area (Å²) in [5.41, 5.74) is 8.84. The predicted octanol–water partition coefficient (Wildman–Crippen LogP) is 1.45. The van der Waals surface area contributed by atoms with Gasteiger partial charge in [0.25, 0.3) is 0 Å². The highest BCUT2D eigenvalue weighted by atomic mass is 32.2. The third kappa shape index (κ3) is 2.30. The SMILES string of the molecule is Cc1cc2c(cc1S(=O)(=O)N1CCc3nccc(N)c3C1)OCO2. The van der Waals surface area contributed by atoms with Crippen LogP contribution in [0.25, 0.3) is 0 Å². The molecule has 1 aromatic carbocycles. The van der Waals surface area contributed by atoms with E-state index >= 15 is 0 Å². The van der Waals surface area contributed by atoms with Crippen molar-refractivity contribution in [3.63, 3.8) is 0 Å². The molecule has 1 aromatic heterocycles. The van der Waals surface area contributed by atoms with Gasteiger partial charge in [-0.2, -0.15) is 4.31 Å². The van der Waals surface area contributed by atoms with Crippen LogP contribution in [0.5, 0.6) is 11.5 Å². The number of fused-ring (bicyclic) bond motifs is 2. The number of nitrogen functional groups attached to an aromatic ring is 1. The molecule has 2 aliphatic rings. The van der Waals surface area contributed by atoms with Crippen molar-refractivity contribution in [2.75, 3.05) is 19.1 Å². The number of hydrogen-bond acceptors (Lipinski definition) is 6. The normalized spacial score (nSPS) is 16.9. The highest BCUT2D eigenvalue weighted by Gasteiger charge is 2.32. The van der Waals surface area contributed by atoms with Crippen molar-refractivity contribution in [1.29, 1.82) is 0 Å². The number of hydrogen-bond donors (Lipinski definition) is 1. The number of pyridine rings is 1. The van der Waals surface area contributed by atoms with Crippen LogP contribution >= 0.6 is 0 Å². The molecule has 0 bridgehead atoms. The zero-order chi connectivity index (χ0) is 16.9. The molecule has 0 unspecified atom stereocenters. The number of benzene rings is 1. The summed E-state index contributed by atoms with van der Waals surface area (Å²) in [4.78, 5) is 4.53. The lowest BCUT2D eigenvalue weighted by Crippen LogP contribution is -2.37. The van der Waals surface area contributed by atoms with Crippen LogP contribution in [-0.2, 0) is 23.0 Å². The lowest BCUT2D eigenvalue weighted by atomic mass is 10.1. The molecule has 0 saturated carbocycles. The summed E-state index contributed by atoms with van der Waals surface area (Å²) in [7, 11) is -3.66. The van der Waals surface area contributed by atoms with Crippen molar-refractivity contribution in [1.82, 2.24) is 9.29 Å². The summed E-state index contributed by atoms with van der Waals surface area (Å²) in [6, 6.07) is 4.93.